The number of rotatable bonds is 7. The molecule has 190 valence electrons. The van der Waals surface area contributed by atoms with Gasteiger partial charge in [-0.15, -0.1) is 0 Å². The summed E-state index contributed by atoms with van der Waals surface area (Å²) >= 11 is 0. The van der Waals surface area contributed by atoms with Crippen molar-refractivity contribution in [1.82, 2.24) is 14.4 Å². The molecule has 1 aliphatic heterocycles. The van der Waals surface area contributed by atoms with Crippen LogP contribution in [0.1, 0.15) is 22.4 Å². The molecule has 0 saturated heterocycles. The van der Waals surface area contributed by atoms with E-state index in [0.29, 0.717) is 19.6 Å². The lowest BCUT2D eigenvalue weighted by Gasteiger charge is -2.23. The number of aryl methyl sites for hydroxylation is 1. The Hall–Kier alpha value is -4.10. The number of carbonyl (C=O) groups excluding carboxylic acids is 2. The Morgan fingerprint density at radius 2 is 1.78 bits per heavy atom. The average molecular weight is 497 g/mol. The number of hydrogen-bond donors (Lipinski definition) is 2. The summed E-state index contributed by atoms with van der Waals surface area (Å²) in [6.07, 6.45) is 0.268. The number of hydrogen-bond acceptors (Lipinski definition) is 4. The highest BCUT2D eigenvalue weighted by Gasteiger charge is 2.29. The fraction of sp³-hybridized carbons (Fsp3) is 0.267. The van der Waals surface area contributed by atoms with Crippen molar-refractivity contribution >= 4 is 28.4 Å². The summed E-state index contributed by atoms with van der Waals surface area (Å²) in [5.74, 6) is -0.118. The number of aliphatic hydroxyl groups is 1. The number of amides is 2. The molecule has 37 heavy (non-hydrogen) atoms. The highest BCUT2D eigenvalue weighted by Crippen LogP contribution is 2.26. The second-order valence-electron chi connectivity index (χ2n) is 9.73. The molecular formula is C30H32N4O3. The van der Waals surface area contributed by atoms with Crippen molar-refractivity contribution < 1.29 is 14.7 Å². The summed E-state index contributed by atoms with van der Waals surface area (Å²) in [6.45, 7) is 1.09. The van der Waals surface area contributed by atoms with Crippen molar-refractivity contribution in [3.05, 3.63) is 101 Å². The zero-order valence-electron chi connectivity index (χ0n) is 21.2. The minimum atomic E-state index is -0.704. The van der Waals surface area contributed by atoms with E-state index in [0.717, 1.165) is 39.0 Å². The van der Waals surface area contributed by atoms with Crippen LogP contribution in [0.15, 0.2) is 78.9 Å². The van der Waals surface area contributed by atoms with Gasteiger partial charge in [-0.2, -0.15) is 0 Å². The first-order valence-corrected chi connectivity index (χ1v) is 12.5. The number of anilines is 1. The van der Waals surface area contributed by atoms with Crippen LogP contribution in [0.2, 0.25) is 0 Å². The van der Waals surface area contributed by atoms with Crippen LogP contribution in [0.3, 0.4) is 0 Å². The summed E-state index contributed by atoms with van der Waals surface area (Å²) in [4.78, 5) is 29.8. The van der Waals surface area contributed by atoms with Gasteiger partial charge in [0, 0.05) is 44.1 Å². The normalized spacial score (nSPS) is 15.3. The van der Waals surface area contributed by atoms with Crippen molar-refractivity contribution in [3.8, 4) is 0 Å². The van der Waals surface area contributed by atoms with Crippen LogP contribution in [-0.4, -0.2) is 51.0 Å². The largest absolute Gasteiger partial charge is 0.394 e. The molecule has 0 fully saturated rings. The lowest BCUT2D eigenvalue weighted by atomic mass is 10.0. The smallest absolute Gasteiger partial charge is 0.248 e. The van der Waals surface area contributed by atoms with Crippen molar-refractivity contribution in [2.24, 2.45) is 7.05 Å². The number of likely N-dealkylation sites (N-methyl/N-ethyl adjacent to an activating group) is 1. The van der Waals surface area contributed by atoms with E-state index in [2.05, 4.69) is 28.1 Å². The number of nitrogens with zero attached hydrogens (tertiary/aromatic N) is 3. The predicted octanol–water partition coefficient (Wildman–Crippen LogP) is 3.69. The molecule has 2 heterocycles. The summed E-state index contributed by atoms with van der Waals surface area (Å²) in [5.41, 5.74) is 5.88. The summed E-state index contributed by atoms with van der Waals surface area (Å²) in [6, 6.07) is 25.3. The quantitative estimate of drug-likeness (QED) is 0.409. The van der Waals surface area contributed by atoms with E-state index in [1.807, 2.05) is 74.8 Å². The third-order valence-electron chi connectivity index (χ3n) is 7.10. The van der Waals surface area contributed by atoms with Gasteiger partial charge in [0.15, 0.2) is 0 Å². The molecule has 0 bridgehead atoms. The van der Waals surface area contributed by atoms with Gasteiger partial charge in [-0.05, 0) is 40.3 Å². The van der Waals surface area contributed by atoms with Gasteiger partial charge in [0.25, 0.3) is 0 Å². The second-order valence-corrected chi connectivity index (χ2v) is 9.73. The van der Waals surface area contributed by atoms with E-state index in [9.17, 15) is 14.7 Å². The van der Waals surface area contributed by atoms with Gasteiger partial charge in [-0.1, -0.05) is 60.7 Å². The molecule has 0 unspecified atom stereocenters. The molecule has 1 atom stereocenters. The Balaban J connectivity index is 1.32. The first kappa shape index (κ1) is 24.6. The maximum Gasteiger partial charge on any atom is 0.248 e. The summed E-state index contributed by atoms with van der Waals surface area (Å²) in [5, 5.41) is 14.2. The van der Waals surface area contributed by atoms with Crippen molar-refractivity contribution in [2.45, 2.75) is 32.1 Å². The van der Waals surface area contributed by atoms with Crippen LogP contribution in [0.25, 0.3) is 10.9 Å². The number of benzene rings is 3. The van der Waals surface area contributed by atoms with E-state index < -0.39 is 6.04 Å². The molecule has 0 aliphatic carbocycles. The minimum absolute atomic E-state index is 0.0252. The number of fused-ring (bicyclic) bond motifs is 2. The Labute approximate surface area is 216 Å². The molecule has 0 saturated carbocycles. The number of nitrogens with one attached hydrogen (secondary N) is 1. The predicted molar refractivity (Wildman–Crippen MR) is 145 cm³/mol. The molecule has 1 aromatic heterocycles. The van der Waals surface area contributed by atoms with Gasteiger partial charge in [0.2, 0.25) is 11.8 Å². The molecule has 1 aliphatic rings. The Kier molecular flexibility index (Phi) is 6.97. The SMILES string of the molecule is CN(Cc1cc2ccccc2n1C)C(=O)Cc1ccc2c(c1)CN(Cc1ccccc1)C(=O)[C@@H](CO)N2. The van der Waals surface area contributed by atoms with Gasteiger partial charge in [-0.25, -0.2) is 0 Å². The van der Waals surface area contributed by atoms with Gasteiger partial charge in [0.1, 0.15) is 6.04 Å². The third kappa shape index (κ3) is 5.22. The zero-order chi connectivity index (χ0) is 25.9. The van der Waals surface area contributed by atoms with E-state index in [1.165, 1.54) is 0 Å². The van der Waals surface area contributed by atoms with Crippen LogP contribution in [0, 0.1) is 0 Å². The summed E-state index contributed by atoms with van der Waals surface area (Å²) in [7, 11) is 3.86. The molecule has 2 amide bonds. The third-order valence-corrected chi connectivity index (χ3v) is 7.10. The molecule has 7 nitrogen and oxygen atoms in total. The van der Waals surface area contributed by atoms with Crippen LogP contribution in [0.4, 0.5) is 5.69 Å². The highest BCUT2D eigenvalue weighted by atomic mass is 16.3. The van der Waals surface area contributed by atoms with Gasteiger partial charge >= 0.3 is 0 Å². The average Bonchev–Trinajstić information content (AvgIpc) is 3.15. The lowest BCUT2D eigenvalue weighted by molar-refractivity contribution is -0.134. The van der Waals surface area contributed by atoms with Crippen LogP contribution >= 0.6 is 0 Å². The molecule has 2 N–H and O–H groups in total. The Bertz CT molecular complexity index is 1430. The number of carbonyl (C=O) groups is 2. The van der Waals surface area contributed by atoms with E-state index in [-0.39, 0.29) is 24.8 Å². The lowest BCUT2D eigenvalue weighted by Crippen LogP contribution is -2.42. The first-order chi connectivity index (χ1) is 17.9. The highest BCUT2D eigenvalue weighted by molar-refractivity contribution is 5.87. The van der Waals surface area contributed by atoms with E-state index >= 15 is 0 Å². The molecule has 3 aromatic carbocycles. The van der Waals surface area contributed by atoms with Crippen LogP contribution in [-0.2, 0) is 42.7 Å². The molecule has 0 spiro atoms. The molecule has 0 radical (unpaired) electrons. The minimum Gasteiger partial charge on any atom is -0.394 e. The Morgan fingerprint density at radius 1 is 1.03 bits per heavy atom. The van der Waals surface area contributed by atoms with Crippen molar-refractivity contribution in [2.75, 3.05) is 19.0 Å². The first-order valence-electron chi connectivity index (χ1n) is 12.5. The topological polar surface area (TPSA) is 77.8 Å². The van der Waals surface area contributed by atoms with Crippen molar-refractivity contribution in [1.29, 1.82) is 0 Å². The van der Waals surface area contributed by atoms with E-state index in [4.69, 9.17) is 0 Å². The maximum atomic E-state index is 13.1. The van der Waals surface area contributed by atoms with Crippen molar-refractivity contribution in [3.63, 3.8) is 0 Å². The summed E-state index contributed by atoms with van der Waals surface area (Å²) < 4.78 is 2.13. The molecule has 5 rings (SSSR count). The zero-order valence-corrected chi connectivity index (χ0v) is 21.2. The monoisotopic (exact) mass is 496 g/mol. The number of aliphatic hydroxyl groups excluding tert-OH is 1. The van der Waals surface area contributed by atoms with Gasteiger partial charge in [-0.3, -0.25) is 9.59 Å². The maximum absolute atomic E-state index is 13.1. The van der Waals surface area contributed by atoms with Gasteiger partial charge < -0.3 is 24.8 Å². The van der Waals surface area contributed by atoms with Crippen LogP contribution < -0.4 is 5.32 Å². The standard InChI is InChI=1S/C30H32N4O3/c1-32(19-25-16-23-10-6-7-11-28(23)33(25)2)29(36)15-22-12-13-26-24(14-22)18-34(30(37)27(20-35)31-26)17-21-8-4-3-5-9-21/h3-14,16,27,31,35H,15,17-20H2,1-2H3/t27-/m1/s1. The molecule has 7 heteroatoms. The number of aromatic nitrogens is 1. The van der Waals surface area contributed by atoms with Gasteiger partial charge in [0.05, 0.1) is 19.6 Å². The Morgan fingerprint density at radius 3 is 2.54 bits per heavy atom. The fourth-order valence-electron chi connectivity index (χ4n) is 4.98. The van der Waals surface area contributed by atoms with E-state index in [1.54, 1.807) is 9.80 Å². The van der Waals surface area contributed by atoms with Crippen LogP contribution in [0.5, 0.6) is 0 Å². The molecule has 4 aromatic rings. The molecular weight excluding hydrogens is 464 g/mol. The number of para-hydroxylation sites is 1. The fourth-order valence-corrected chi connectivity index (χ4v) is 4.98. The second kappa shape index (κ2) is 10.5.